The number of carbonyl (C=O) groups excluding carboxylic acids is 1. The minimum atomic E-state index is -0.416. The summed E-state index contributed by atoms with van der Waals surface area (Å²) in [4.78, 5) is 71.4. The molecule has 41 heavy (non-hydrogen) atoms. The standard InChI is InChI=1S/C33H30N2O5S/c36-25(35-16-12-20(13-17-35)34-14-4-1-5-15-34)11-9-19-8-10-23-24(18-19)29(38)27-26-28(37)21-6-2-3-7-22(21)30(39)32(26)41-33(27)31(23)40/h2-3,6-8,10,18,20H,1,4-5,9,11-17H2. The smallest absolute Gasteiger partial charge is 0.222 e. The molecule has 1 aromatic heterocycles. The fraction of sp³-hybridized carbons (Fsp3) is 0.364. The van der Waals surface area contributed by atoms with Gasteiger partial charge in [0.15, 0.2) is 10.9 Å². The van der Waals surface area contributed by atoms with Gasteiger partial charge in [0.1, 0.15) is 0 Å². The molecule has 2 aliphatic heterocycles. The van der Waals surface area contributed by atoms with E-state index in [0.29, 0.717) is 24.3 Å². The van der Waals surface area contributed by atoms with Crippen LogP contribution in [0.2, 0.25) is 0 Å². The minimum absolute atomic E-state index is 0.0418. The van der Waals surface area contributed by atoms with E-state index < -0.39 is 10.9 Å². The summed E-state index contributed by atoms with van der Waals surface area (Å²) < 4.78 is 0.306. The summed E-state index contributed by atoms with van der Waals surface area (Å²) in [6.45, 7) is 3.90. The lowest BCUT2D eigenvalue weighted by atomic mass is 9.98. The molecule has 8 heteroatoms. The number of hydrogen-bond donors (Lipinski definition) is 0. The molecule has 2 aliphatic rings. The van der Waals surface area contributed by atoms with Crippen molar-refractivity contribution in [1.29, 1.82) is 0 Å². The van der Waals surface area contributed by atoms with Gasteiger partial charge in [-0.2, -0.15) is 0 Å². The quantitative estimate of drug-likeness (QED) is 0.326. The summed E-state index contributed by atoms with van der Waals surface area (Å²) in [5, 5.41) is 1.14. The highest BCUT2D eigenvalue weighted by Gasteiger charge is 2.27. The van der Waals surface area contributed by atoms with Crippen molar-refractivity contribution in [3.63, 3.8) is 0 Å². The van der Waals surface area contributed by atoms with Crippen LogP contribution in [0, 0.1) is 0 Å². The van der Waals surface area contributed by atoms with Gasteiger partial charge in [-0.15, -0.1) is 11.3 Å². The van der Waals surface area contributed by atoms with Crippen molar-refractivity contribution in [2.45, 2.75) is 51.0 Å². The van der Waals surface area contributed by atoms with Crippen LogP contribution in [-0.2, 0) is 11.2 Å². The van der Waals surface area contributed by atoms with Crippen LogP contribution >= 0.6 is 11.3 Å². The van der Waals surface area contributed by atoms with E-state index in [2.05, 4.69) is 4.90 Å². The predicted molar refractivity (Wildman–Crippen MR) is 165 cm³/mol. The van der Waals surface area contributed by atoms with Gasteiger partial charge in [-0.05, 0) is 62.9 Å². The number of thiophene rings is 1. The second-order valence-corrected chi connectivity index (χ2v) is 12.5. The number of nitrogens with zero attached hydrogens (tertiary/aromatic N) is 2. The number of fused-ring (bicyclic) bond motifs is 5. The second-order valence-electron chi connectivity index (χ2n) is 11.5. The maximum absolute atomic E-state index is 13.8. The molecule has 0 N–H and O–H groups in total. The molecule has 2 fully saturated rings. The number of amides is 1. The first kappa shape index (κ1) is 26.2. The molecule has 0 saturated carbocycles. The number of carbonyl (C=O) groups is 1. The highest BCUT2D eigenvalue weighted by atomic mass is 32.1. The van der Waals surface area contributed by atoms with Crippen LogP contribution in [-0.4, -0.2) is 47.9 Å². The van der Waals surface area contributed by atoms with E-state index in [4.69, 9.17) is 0 Å². The Kier molecular flexibility index (Phi) is 6.55. The molecule has 208 valence electrons. The van der Waals surface area contributed by atoms with Crippen molar-refractivity contribution in [3.05, 3.63) is 88.9 Å². The first-order valence-electron chi connectivity index (χ1n) is 14.5. The van der Waals surface area contributed by atoms with Gasteiger partial charge in [-0.3, -0.25) is 24.0 Å². The lowest BCUT2D eigenvalue weighted by molar-refractivity contribution is -0.132. The minimum Gasteiger partial charge on any atom is -0.343 e. The van der Waals surface area contributed by atoms with Crippen LogP contribution in [0.15, 0.2) is 61.6 Å². The maximum atomic E-state index is 13.8. The molecule has 5 aromatic rings. The number of aryl methyl sites for hydroxylation is 1. The summed E-state index contributed by atoms with van der Waals surface area (Å²) >= 11 is 0.938. The summed E-state index contributed by atoms with van der Waals surface area (Å²) in [7, 11) is 0. The summed E-state index contributed by atoms with van der Waals surface area (Å²) in [6.07, 6.45) is 6.68. The Morgan fingerprint density at radius 1 is 0.707 bits per heavy atom. The fourth-order valence-corrected chi connectivity index (χ4v) is 8.09. The zero-order valence-corrected chi connectivity index (χ0v) is 23.6. The van der Waals surface area contributed by atoms with Crippen LogP contribution in [0.5, 0.6) is 0 Å². The van der Waals surface area contributed by atoms with Crippen molar-refractivity contribution in [1.82, 2.24) is 9.80 Å². The van der Waals surface area contributed by atoms with Gasteiger partial charge in [-0.1, -0.05) is 36.8 Å². The Morgan fingerprint density at radius 3 is 1.95 bits per heavy atom. The molecule has 7 nitrogen and oxygen atoms in total. The SMILES string of the molecule is O=C(CCc1ccc2c(=O)c3sc4c(=O)c5ccccc5c(=O)c4c3c(=O)c2c1)N1CCC(N2CCCCC2)CC1. The zero-order valence-electron chi connectivity index (χ0n) is 22.7. The van der Waals surface area contributed by atoms with E-state index in [0.717, 1.165) is 42.8 Å². The monoisotopic (exact) mass is 566 g/mol. The normalized spacial score (nSPS) is 17.3. The molecule has 0 atom stereocenters. The lowest BCUT2D eigenvalue weighted by Gasteiger charge is -2.40. The van der Waals surface area contributed by atoms with Crippen molar-refractivity contribution < 1.29 is 4.79 Å². The van der Waals surface area contributed by atoms with Crippen LogP contribution in [0.4, 0.5) is 0 Å². The van der Waals surface area contributed by atoms with E-state index in [9.17, 15) is 24.0 Å². The van der Waals surface area contributed by atoms with E-state index in [1.54, 1.807) is 42.5 Å². The van der Waals surface area contributed by atoms with E-state index in [1.807, 2.05) is 4.90 Å². The molecule has 0 spiro atoms. The lowest BCUT2D eigenvalue weighted by Crippen LogP contribution is -2.48. The fourth-order valence-electron chi connectivity index (χ4n) is 6.88. The maximum Gasteiger partial charge on any atom is 0.222 e. The molecule has 0 radical (unpaired) electrons. The zero-order chi connectivity index (χ0) is 28.2. The van der Waals surface area contributed by atoms with Gasteiger partial charge < -0.3 is 9.80 Å². The average Bonchev–Trinajstić information content (AvgIpc) is 3.44. The van der Waals surface area contributed by atoms with Crippen LogP contribution in [0.25, 0.3) is 41.7 Å². The van der Waals surface area contributed by atoms with Crippen molar-refractivity contribution in [2.24, 2.45) is 0 Å². The van der Waals surface area contributed by atoms with Crippen molar-refractivity contribution in [2.75, 3.05) is 26.2 Å². The molecular weight excluding hydrogens is 536 g/mol. The highest BCUT2D eigenvalue weighted by molar-refractivity contribution is 7.25. The molecule has 2 saturated heterocycles. The van der Waals surface area contributed by atoms with Crippen molar-refractivity contribution >= 4 is 59.0 Å². The predicted octanol–water partition coefficient (Wildman–Crippen LogP) is 4.09. The van der Waals surface area contributed by atoms with Gasteiger partial charge in [0.25, 0.3) is 0 Å². The number of rotatable bonds is 4. The number of hydrogen-bond acceptors (Lipinski definition) is 7. The Morgan fingerprint density at radius 2 is 1.29 bits per heavy atom. The van der Waals surface area contributed by atoms with Crippen LogP contribution in [0.3, 0.4) is 0 Å². The third-order valence-corrected chi connectivity index (χ3v) is 10.3. The number of benzene rings is 4. The summed E-state index contributed by atoms with van der Waals surface area (Å²) in [6, 6.07) is 12.2. The Labute approximate surface area is 239 Å². The third-order valence-electron chi connectivity index (χ3n) is 9.12. The average molecular weight is 567 g/mol. The summed E-state index contributed by atoms with van der Waals surface area (Å²) in [5.41, 5.74) is -0.707. The molecule has 0 aliphatic carbocycles. The van der Waals surface area contributed by atoms with Crippen molar-refractivity contribution in [3.8, 4) is 0 Å². The Hall–Kier alpha value is -3.75. The molecule has 0 unspecified atom stereocenters. The summed E-state index contributed by atoms with van der Waals surface area (Å²) in [5.74, 6) is 0.110. The Balaban J connectivity index is 1.18. The van der Waals surface area contributed by atoms with Gasteiger partial charge in [-0.25, -0.2) is 0 Å². The van der Waals surface area contributed by atoms with Gasteiger partial charge in [0.2, 0.25) is 16.8 Å². The second kappa shape index (κ2) is 10.3. The Bertz CT molecular complexity index is 2060. The van der Waals surface area contributed by atoms with Gasteiger partial charge >= 0.3 is 0 Å². The van der Waals surface area contributed by atoms with Crippen LogP contribution in [0.1, 0.15) is 44.1 Å². The molecule has 1 amide bonds. The third kappa shape index (κ3) is 4.32. The molecular formula is C33H30N2O5S. The number of likely N-dealkylation sites (tertiary alicyclic amines) is 2. The largest absolute Gasteiger partial charge is 0.343 e. The molecule has 4 aromatic carbocycles. The number of piperidine rings is 2. The molecule has 7 rings (SSSR count). The topological polar surface area (TPSA) is 91.8 Å². The van der Waals surface area contributed by atoms with E-state index in [-0.39, 0.29) is 53.1 Å². The highest BCUT2D eigenvalue weighted by Crippen LogP contribution is 2.29. The molecule has 0 bridgehead atoms. The first-order valence-corrected chi connectivity index (χ1v) is 15.3. The van der Waals surface area contributed by atoms with E-state index in [1.165, 1.54) is 32.4 Å². The van der Waals surface area contributed by atoms with Crippen LogP contribution < -0.4 is 21.7 Å². The molecule has 3 heterocycles. The van der Waals surface area contributed by atoms with Gasteiger partial charge in [0.05, 0.1) is 20.2 Å². The first-order chi connectivity index (χ1) is 19.9. The van der Waals surface area contributed by atoms with Gasteiger partial charge in [0, 0.05) is 47.1 Å². The van der Waals surface area contributed by atoms with E-state index >= 15 is 0 Å².